The molecule has 0 bridgehead atoms. The fourth-order valence-electron chi connectivity index (χ4n) is 3.22. The molecule has 2 atom stereocenters. The predicted molar refractivity (Wildman–Crippen MR) is 88.1 cm³/mol. The Morgan fingerprint density at radius 3 is 2.91 bits per heavy atom. The van der Waals surface area contributed by atoms with E-state index in [1.165, 1.54) is 0 Å². The average Bonchev–Trinajstić information content (AvgIpc) is 2.99. The fourth-order valence-corrected chi connectivity index (χ4v) is 3.22. The zero-order chi connectivity index (χ0) is 16.6. The number of carbonyl (C=O) groups excluding carboxylic acids is 1. The van der Waals surface area contributed by atoms with Crippen LogP contribution in [-0.2, 0) is 19.9 Å². The Hall–Kier alpha value is -2.14. The lowest BCUT2D eigenvalue weighted by molar-refractivity contribution is 0.0849. The molecule has 0 unspecified atom stereocenters. The van der Waals surface area contributed by atoms with Gasteiger partial charge in [-0.25, -0.2) is 0 Å². The number of fused-ring (bicyclic) bond motifs is 1. The van der Waals surface area contributed by atoms with Crippen LogP contribution in [0.4, 0.5) is 0 Å². The highest BCUT2D eigenvalue weighted by atomic mass is 16.3. The van der Waals surface area contributed by atoms with E-state index >= 15 is 0 Å². The zero-order valence-corrected chi connectivity index (χ0v) is 13.8. The van der Waals surface area contributed by atoms with E-state index in [-0.39, 0.29) is 11.9 Å². The second-order valence-electron chi connectivity index (χ2n) is 6.66. The molecule has 122 valence electrons. The Bertz CT molecular complexity index is 721. The minimum Gasteiger partial charge on any atom is -0.390 e. The Labute approximate surface area is 136 Å². The van der Waals surface area contributed by atoms with Crippen molar-refractivity contribution in [2.24, 2.45) is 13.0 Å². The number of hydrogen-bond acceptors (Lipinski definition) is 3. The average molecular weight is 313 g/mol. The van der Waals surface area contributed by atoms with E-state index in [2.05, 4.69) is 24.3 Å². The van der Waals surface area contributed by atoms with Gasteiger partial charge in [0.05, 0.1) is 17.8 Å². The van der Waals surface area contributed by atoms with Crippen molar-refractivity contribution in [1.29, 1.82) is 0 Å². The summed E-state index contributed by atoms with van der Waals surface area (Å²) in [5.74, 6) is 0.292. The summed E-state index contributed by atoms with van der Waals surface area (Å²) in [6, 6.07) is 9.32. The highest BCUT2D eigenvalue weighted by Gasteiger charge is 2.32. The third-order valence-electron chi connectivity index (χ3n) is 4.27. The Kier molecular flexibility index (Phi) is 4.22. The van der Waals surface area contributed by atoms with Crippen molar-refractivity contribution in [3.8, 4) is 0 Å². The molecule has 1 aliphatic carbocycles. The number of benzene rings is 1. The molecule has 0 radical (unpaired) electrons. The number of amides is 1. The van der Waals surface area contributed by atoms with Crippen molar-refractivity contribution < 1.29 is 9.90 Å². The Balaban J connectivity index is 1.78. The lowest BCUT2D eigenvalue weighted by atomic mass is 10.1. The normalized spacial score (nSPS) is 19.9. The first-order valence-corrected chi connectivity index (χ1v) is 8.05. The van der Waals surface area contributed by atoms with Gasteiger partial charge in [0, 0.05) is 13.5 Å². The van der Waals surface area contributed by atoms with Crippen LogP contribution in [0.5, 0.6) is 0 Å². The van der Waals surface area contributed by atoms with Crippen molar-refractivity contribution >= 4 is 5.91 Å². The van der Waals surface area contributed by atoms with Crippen LogP contribution in [0.15, 0.2) is 30.3 Å². The van der Waals surface area contributed by atoms with Crippen LogP contribution < -0.4 is 5.32 Å². The van der Waals surface area contributed by atoms with Gasteiger partial charge in [-0.3, -0.25) is 9.48 Å². The van der Waals surface area contributed by atoms with Crippen molar-refractivity contribution in [3.05, 3.63) is 52.8 Å². The highest BCUT2D eigenvalue weighted by Crippen LogP contribution is 2.31. The molecule has 2 aromatic rings. The number of carbonyl (C=O) groups is 1. The first kappa shape index (κ1) is 15.7. The lowest BCUT2D eigenvalue weighted by Gasteiger charge is -2.17. The van der Waals surface area contributed by atoms with Crippen molar-refractivity contribution in [3.63, 3.8) is 0 Å². The summed E-state index contributed by atoms with van der Waals surface area (Å²) in [5.41, 5.74) is 3.53. The van der Waals surface area contributed by atoms with Gasteiger partial charge in [0.15, 0.2) is 0 Å². The number of nitrogens with zero attached hydrogens (tertiary/aromatic N) is 2. The van der Waals surface area contributed by atoms with Crippen LogP contribution in [0.2, 0.25) is 0 Å². The number of nitrogens with one attached hydrogen (secondary N) is 1. The summed E-state index contributed by atoms with van der Waals surface area (Å²) in [6.45, 7) is 4.25. The molecule has 0 fully saturated rings. The molecule has 1 aromatic heterocycles. The summed E-state index contributed by atoms with van der Waals surface area (Å²) >= 11 is 0. The van der Waals surface area contributed by atoms with Crippen LogP contribution in [0.3, 0.4) is 0 Å². The van der Waals surface area contributed by atoms with E-state index < -0.39 is 6.10 Å². The van der Waals surface area contributed by atoms with E-state index in [0.29, 0.717) is 18.0 Å². The molecule has 0 saturated carbocycles. The SMILES string of the molecule is CC(C)Cc1cc(C(=O)N[C@@H]2c3ccccc3C[C@@H]2O)n(C)n1. The topological polar surface area (TPSA) is 67.2 Å². The van der Waals surface area contributed by atoms with Crippen molar-refractivity contribution in [2.75, 3.05) is 0 Å². The van der Waals surface area contributed by atoms with Crippen LogP contribution in [0.25, 0.3) is 0 Å². The number of hydrogen-bond donors (Lipinski definition) is 2. The van der Waals surface area contributed by atoms with E-state index in [1.54, 1.807) is 11.7 Å². The van der Waals surface area contributed by atoms with Crippen LogP contribution >= 0.6 is 0 Å². The third-order valence-corrected chi connectivity index (χ3v) is 4.27. The van der Waals surface area contributed by atoms with E-state index in [0.717, 1.165) is 23.2 Å². The van der Waals surface area contributed by atoms with Crippen molar-refractivity contribution in [1.82, 2.24) is 15.1 Å². The molecule has 23 heavy (non-hydrogen) atoms. The highest BCUT2D eigenvalue weighted by molar-refractivity contribution is 5.93. The molecule has 0 spiro atoms. The monoisotopic (exact) mass is 313 g/mol. The first-order chi connectivity index (χ1) is 11.0. The van der Waals surface area contributed by atoms with Crippen molar-refractivity contribution in [2.45, 2.75) is 38.8 Å². The number of aliphatic hydroxyl groups excluding tert-OH is 1. The third kappa shape index (κ3) is 3.15. The summed E-state index contributed by atoms with van der Waals surface area (Å²) in [5, 5.41) is 17.6. The van der Waals surface area contributed by atoms with Gasteiger partial charge in [-0.05, 0) is 29.5 Å². The van der Waals surface area contributed by atoms with Gasteiger partial charge in [-0.15, -0.1) is 0 Å². The Morgan fingerprint density at radius 1 is 1.43 bits per heavy atom. The molecule has 0 aliphatic heterocycles. The van der Waals surface area contributed by atoms with Crippen LogP contribution in [0.1, 0.15) is 47.2 Å². The van der Waals surface area contributed by atoms with Gasteiger partial charge >= 0.3 is 0 Å². The van der Waals surface area contributed by atoms with Gasteiger partial charge < -0.3 is 10.4 Å². The van der Waals surface area contributed by atoms with Gasteiger partial charge in [0.25, 0.3) is 5.91 Å². The molecule has 1 aromatic carbocycles. The standard InChI is InChI=1S/C18H23N3O2/c1-11(2)8-13-10-15(21(3)20-13)18(23)19-17-14-7-5-4-6-12(14)9-16(17)22/h4-7,10-11,16-17,22H,8-9H2,1-3H3,(H,19,23)/t16-,17+/m0/s1. The summed E-state index contributed by atoms with van der Waals surface area (Å²) in [7, 11) is 1.78. The van der Waals surface area contributed by atoms with Gasteiger partial charge in [0.1, 0.15) is 5.69 Å². The quantitative estimate of drug-likeness (QED) is 0.907. The smallest absolute Gasteiger partial charge is 0.270 e. The summed E-state index contributed by atoms with van der Waals surface area (Å²) in [6.07, 6.45) is 0.834. The number of aliphatic hydroxyl groups is 1. The van der Waals surface area contributed by atoms with Gasteiger partial charge in [0.2, 0.25) is 0 Å². The second-order valence-corrected chi connectivity index (χ2v) is 6.66. The molecule has 1 heterocycles. The maximum absolute atomic E-state index is 12.6. The molecule has 0 saturated heterocycles. The minimum atomic E-state index is -0.584. The van der Waals surface area contributed by atoms with Crippen LogP contribution in [-0.4, -0.2) is 26.9 Å². The fraction of sp³-hybridized carbons (Fsp3) is 0.444. The maximum Gasteiger partial charge on any atom is 0.270 e. The minimum absolute atomic E-state index is 0.198. The van der Waals surface area contributed by atoms with E-state index in [1.807, 2.05) is 30.3 Å². The maximum atomic E-state index is 12.6. The van der Waals surface area contributed by atoms with Crippen LogP contribution in [0, 0.1) is 5.92 Å². The molecular formula is C18H23N3O2. The Morgan fingerprint density at radius 2 is 2.17 bits per heavy atom. The molecule has 1 aliphatic rings. The molecule has 1 amide bonds. The summed E-state index contributed by atoms with van der Waals surface area (Å²) in [4.78, 5) is 12.6. The predicted octanol–water partition coefficient (Wildman–Crippen LogP) is 2.01. The van der Waals surface area contributed by atoms with Gasteiger partial charge in [-0.1, -0.05) is 38.1 Å². The second kappa shape index (κ2) is 6.16. The van der Waals surface area contributed by atoms with E-state index in [4.69, 9.17) is 0 Å². The largest absolute Gasteiger partial charge is 0.390 e. The first-order valence-electron chi connectivity index (χ1n) is 8.05. The number of aromatic nitrogens is 2. The molecule has 5 heteroatoms. The zero-order valence-electron chi connectivity index (χ0n) is 13.8. The lowest BCUT2D eigenvalue weighted by Crippen LogP contribution is -2.34. The summed E-state index contributed by atoms with van der Waals surface area (Å²) < 4.78 is 1.61. The number of rotatable bonds is 4. The molecule has 3 rings (SSSR count). The molecule has 5 nitrogen and oxygen atoms in total. The molecular weight excluding hydrogens is 290 g/mol. The van der Waals surface area contributed by atoms with E-state index in [9.17, 15) is 9.90 Å². The number of aryl methyl sites for hydroxylation is 1. The van der Waals surface area contributed by atoms with Gasteiger partial charge in [-0.2, -0.15) is 5.10 Å². The molecule has 2 N–H and O–H groups in total.